The quantitative estimate of drug-likeness (QED) is 0.325. The molecular formula is C22H17IN2O. The number of hydrogen-bond acceptors (Lipinski definition) is 2. The Morgan fingerprint density at radius 1 is 0.846 bits per heavy atom. The Kier molecular flexibility index (Phi) is 6.33. The maximum Gasteiger partial charge on any atom is 0.271 e. The molecule has 0 spiro atoms. The van der Waals surface area contributed by atoms with E-state index in [0.717, 1.165) is 14.7 Å². The molecule has 0 radical (unpaired) electrons. The molecule has 0 heterocycles. The van der Waals surface area contributed by atoms with Crippen LogP contribution in [0.15, 0.2) is 96.1 Å². The molecule has 0 saturated carbocycles. The Hall–Kier alpha value is -2.73. The number of rotatable bonds is 5. The molecular weight excluding hydrogens is 435 g/mol. The van der Waals surface area contributed by atoms with Gasteiger partial charge in [-0.1, -0.05) is 72.8 Å². The van der Waals surface area contributed by atoms with Gasteiger partial charge >= 0.3 is 0 Å². The smallest absolute Gasteiger partial charge is 0.267 e. The average Bonchev–Trinajstić information content (AvgIpc) is 2.69. The van der Waals surface area contributed by atoms with Crippen LogP contribution in [0, 0.1) is 3.57 Å². The number of carbonyl (C=O) groups excluding carboxylic acids is 1. The fourth-order valence-corrected chi connectivity index (χ4v) is 2.89. The number of hydrogen-bond donors (Lipinski definition) is 1. The van der Waals surface area contributed by atoms with Crippen molar-refractivity contribution in [2.75, 3.05) is 0 Å². The number of benzene rings is 3. The fraction of sp³-hybridized carbons (Fsp3) is 0. The summed E-state index contributed by atoms with van der Waals surface area (Å²) in [7, 11) is 0. The predicted molar refractivity (Wildman–Crippen MR) is 115 cm³/mol. The average molecular weight is 452 g/mol. The molecule has 0 aliphatic carbocycles. The molecule has 0 unspecified atom stereocenters. The van der Waals surface area contributed by atoms with E-state index in [9.17, 15) is 4.79 Å². The van der Waals surface area contributed by atoms with Crippen LogP contribution >= 0.6 is 22.6 Å². The third-order valence-corrected chi connectivity index (χ3v) is 4.34. The summed E-state index contributed by atoms with van der Waals surface area (Å²) < 4.78 is 1.01. The second kappa shape index (κ2) is 9.10. The normalized spacial score (nSPS) is 11.5. The zero-order valence-electron chi connectivity index (χ0n) is 14.0. The molecule has 3 aromatic carbocycles. The number of halogens is 1. The summed E-state index contributed by atoms with van der Waals surface area (Å²) in [4.78, 5) is 12.4. The second-order valence-electron chi connectivity index (χ2n) is 5.56. The predicted octanol–water partition coefficient (Wildman–Crippen LogP) is 5.14. The minimum atomic E-state index is -0.231. The lowest BCUT2D eigenvalue weighted by molar-refractivity contribution is 0.0955. The van der Waals surface area contributed by atoms with Gasteiger partial charge < -0.3 is 0 Å². The van der Waals surface area contributed by atoms with Gasteiger partial charge in [-0.2, -0.15) is 5.10 Å². The van der Waals surface area contributed by atoms with Crippen molar-refractivity contribution >= 4 is 40.3 Å². The molecule has 0 fully saturated rings. The number of nitrogens with one attached hydrogen (secondary N) is 1. The maximum atomic E-state index is 12.4. The van der Waals surface area contributed by atoms with Crippen molar-refractivity contribution in [3.05, 3.63) is 111 Å². The van der Waals surface area contributed by atoms with Gasteiger partial charge in [0.2, 0.25) is 0 Å². The third-order valence-electron chi connectivity index (χ3n) is 3.67. The van der Waals surface area contributed by atoms with Crippen LogP contribution in [-0.4, -0.2) is 11.6 Å². The van der Waals surface area contributed by atoms with Crippen LogP contribution in [-0.2, 0) is 0 Å². The van der Waals surface area contributed by atoms with E-state index < -0.39 is 0 Å². The molecule has 0 aromatic heterocycles. The van der Waals surface area contributed by atoms with Gasteiger partial charge in [0.05, 0.1) is 5.71 Å². The van der Waals surface area contributed by atoms with Crippen LogP contribution in [0.1, 0.15) is 21.5 Å². The molecule has 4 heteroatoms. The summed E-state index contributed by atoms with van der Waals surface area (Å²) in [5.41, 5.74) is 5.93. The third kappa shape index (κ3) is 5.13. The van der Waals surface area contributed by atoms with Crippen molar-refractivity contribution in [1.82, 2.24) is 5.43 Å². The van der Waals surface area contributed by atoms with Crippen molar-refractivity contribution in [2.45, 2.75) is 0 Å². The van der Waals surface area contributed by atoms with E-state index in [2.05, 4.69) is 33.1 Å². The molecule has 26 heavy (non-hydrogen) atoms. The summed E-state index contributed by atoms with van der Waals surface area (Å²) >= 11 is 2.18. The first kappa shape index (κ1) is 18.1. The molecule has 0 bridgehead atoms. The highest BCUT2D eigenvalue weighted by atomic mass is 127. The molecule has 3 aromatic rings. The molecule has 0 atom stereocenters. The lowest BCUT2D eigenvalue weighted by Gasteiger charge is -2.04. The fourth-order valence-electron chi connectivity index (χ4n) is 2.35. The second-order valence-corrected chi connectivity index (χ2v) is 6.80. The van der Waals surface area contributed by atoms with Crippen molar-refractivity contribution < 1.29 is 4.79 Å². The van der Waals surface area contributed by atoms with Crippen molar-refractivity contribution in [2.24, 2.45) is 5.10 Å². The van der Waals surface area contributed by atoms with Crippen LogP contribution in [0.25, 0.3) is 6.08 Å². The van der Waals surface area contributed by atoms with Gasteiger partial charge in [-0.25, -0.2) is 5.43 Å². The summed E-state index contributed by atoms with van der Waals surface area (Å²) in [5.74, 6) is -0.231. The Morgan fingerprint density at radius 2 is 1.50 bits per heavy atom. The van der Waals surface area contributed by atoms with Gasteiger partial charge in [0, 0.05) is 14.7 Å². The molecule has 128 valence electrons. The number of amides is 1. The minimum Gasteiger partial charge on any atom is -0.267 e. The highest BCUT2D eigenvalue weighted by molar-refractivity contribution is 14.1. The summed E-state index contributed by atoms with van der Waals surface area (Å²) in [6.07, 6.45) is 3.88. The topological polar surface area (TPSA) is 41.5 Å². The van der Waals surface area contributed by atoms with Gasteiger partial charge in [0.25, 0.3) is 5.91 Å². The van der Waals surface area contributed by atoms with E-state index in [1.165, 1.54) is 0 Å². The first-order valence-electron chi connectivity index (χ1n) is 8.14. The van der Waals surface area contributed by atoms with E-state index >= 15 is 0 Å². The highest BCUT2D eigenvalue weighted by Gasteiger charge is 2.06. The zero-order chi connectivity index (χ0) is 18.2. The van der Waals surface area contributed by atoms with Gasteiger partial charge in [-0.05, 0) is 52.4 Å². The number of hydrazone groups is 1. The van der Waals surface area contributed by atoms with Crippen LogP contribution in [0.4, 0.5) is 0 Å². The summed E-state index contributed by atoms with van der Waals surface area (Å²) in [6.45, 7) is 0. The summed E-state index contributed by atoms with van der Waals surface area (Å²) in [6, 6.07) is 27.2. The van der Waals surface area contributed by atoms with E-state index in [1.54, 1.807) is 6.07 Å². The van der Waals surface area contributed by atoms with Gasteiger partial charge in [0.15, 0.2) is 0 Å². The van der Waals surface area contributed by atoms with Gasteiger partial charge in [-0.3, -0.25) is 4.79 Å². The Morgan fingerprint density at radius 3 is 2.19 bits per heavy atom. The molecule has 1 N–H and O–H groups in total. The van der Waals surface area contributed by atoms with E-state index in [4.69, 9.17) is 0 Å². The molecule has 0 aliphatic rings. The van der Waals surface area contributed by atoms with E-state index in [1.807, 2.05) is 91.0 Å². The van der Waals surface area contributed by atoms with Crippen LogP contribution in [0.2, 0.25) is 0 Å². The molecule has 3 rings (SSSR count). The Bertz CT molecular complexity index is 935. The van der Waals surface area contributed by atoms with Gasteiger partial charge in [0.1, 0.15) is 0 Å². The lowest BCUT2D eigenvalue weighted by atomic mass is 10.1. The van der Waals surface area contributed by atoms with E-state index in [-0.39, 0.29) is 5.91 Å². The molecule has 3 nitrogen and oxygen atoms in total. The first-order valence-corrected chi connectivity index (χ1v) is 9.22. The van der Waals surface area contributed by atoms with E-state index in [0.29, 0.717) is 11.3 Å². The van der Waals surface area contributed by atoms with Gasteiger partial charge in [-0.15, -0.1) is 0 Å². The number of carbonyl (C=O) groups is 1. The molecule has 0 saturated heterocycles. The molecule has 1 amide bonds. The SMILES string of the molecule is O=C(N/N=C(\C=C\c1ccccc1)c1ccccc1)c1cccc(I)c1. The maximum absolute atomic E-state index is 12.4. The van der Waals surface area contributed by atoms with Crippen molar-refractivity contribution in [3.8, 4) is 0 Å². The first-order chi connectivity index (χ1) is 12.7. The van der Waals surface area contributed by atoms with Crippen LogP contribution in [0.5, 0.6) is 0 Å². The lowest BCUT2D eigenvalue weighted by Crippen LogP contribution is -2.19. The number of nitrogens with zero attached hydrogens (tertiary/aromatic N) is 1. The minimum absolute atomic E-state index is 0.231. The Balaban J connectivity index is 1.84. The highest BCUT2D eigenvalue weighted by Crippen LogP contribution is 2.09. The van der Waals surface area contributed by atoms with Crippen molar-refractivity contribution in [3.63, 3.8) is 0 Å². The zero-order valence-corrected chi connectivity index (χ0v) is 16.1. The van der Waals surface area contributed by atoms with Crippen molar-refractivity contribution in [1.29, 1.82) is 0 Å². The number of allylic oxidation sites excluding steroid dienone is 1. The van der Waals surface area contributed by atoms with Crippen LogP contribution < -0.4 is 5.43 Å². The Labute approximate surface area is 166 Å². The standard InChI is InChI=1S/C22H17IN2O/c23-20-13-7-12-19(16-20)22(26)25-24-21(18-10-5-2-6-11-18)15-14-17-8-3-1-4-9-17/h1-16H,(H,25,26)/b15-14+,24-21+. The van der Waals surface area contributed by atoms with Crippen LogP contribution in [0.3, 0.4) is 0 Å². The largest absolute Gasteiger partial charge is 0.271 e. The molecule has 0 aliphatic heterocycles. The monoisotopic (exact) mass is 452 g/mol. The summed E-state index contributed by atoms with van der Waals surface area (Å²) in [5, 5.41) is 4.34.